The number of aryl methyl sites for hydroxylation is 2. The van der Waals surface area contributed by atoms with Crippen LogP contribution in [0.25, 0.3) is 0 Å². The van der Waals surface area contributed by atoms with Gasteiger partial charge in [0.25, 0.3) is 0 Å². The number of nitrogens with one attached hydrogen (secondary N) is 1. The molecule has 1 saturated heterocycles. The van der Waals surface area contributed by atoms with Gasteiger partial charge in [0.2, 0.25) is 0 Å². The summed E-state index contributed by atoms with van der Waals surface area (Å²) in [5.74, 6) is 0. The molecule has 100 valence electrons. The van der Waals surface area contributed by atoms with Crippen LogP contribution < -0.4 is 10.2 Å². The van der Waals surface area contributed by atoms with Crippen molar-refractivity contribution in [3.63, 3.8) is 0 Å². The zero-order valence-electron chi connectivity index (χ0n) is 12.6. The highest BCUT2D eigenvalue weighted by Crippen LogP contribution is 2.30. The van der Waals surface area contributed by atoms with Crippen LogP contribution in [0.1, 0.15) is 38.8 Å². The second-order valence-electron chi connectivity index (χ2n) is 6.98. The fourth-order valence-electron chi connectivity index (χ4n) is 2.76. The molecule has 2 rings (SSSR count). The molecule has 1 aromatic carbocycles. The highest BCUT2D eigenvalue weighted by Gasteiger charge is 2.37. The third kappa shape index (κ3) is 2.69. The number of hydrogen-bond donors (Lipinski definition) is 1. The number of rotatable bonds is 1. The minimum atomic E-state index is 0.162. The molecule has 2 nitrogen and oxygen atoms in total. The van der Waals surface area contributed by atoms with E-state index in [1.165, 1.54) is 16.8 Å². The summed E-state index contributed by atoms with van der Waals surface area (Å²) in [5.41, 5.74) is 4.38. The molecule has 0 aromatic heterocycles. The van der Waals surface area contributed by atoms with Gasteiger partial charge < -0.3 is 10.2 Å². The van der Waals surface area contributed by atoms with E-state index in [9.17, 15) is 0 Å². The highest BCUT2D eigenvalue weighted by atomic mass is 15.3. The lowest BCUT2D eigenvalue weighted by molar-refractivity contribution is 0.261. The van der Waals surface area contributed by atoms with Crippen molar-refractivity contribution in [3.8, 4) is 0 Å². The SMILES string of the molecule is Cc1cc(C)cc(N2CC(C)(C)NCC2(C)C)c1. The van der Waals surface area contributed by atoms with E-state index in [2.05, 4.69) is 70.0 Å². The van der Waals surface area contributed by atoms with Crippen molar-refractivity contribution in [1.29, 1.82) is 0 Å². The Morgan fingerprint density at radius 1 is 1.00 bits per heavy atom. The molecule has 0 bridgehead atoms. The van der Waals surface area contributed by atoms with Gasteiger partial charge in [0.15, 0.2) is 0 Å². The Morgan fingerprint density at radius 2 is 1.56 bits per heavy atom. The Bertz CT molecular complexity index is 426. The lowest BCUT2D eigenvalue weighted by Gasteiger charge is -2.51. The topological polar surface area (TPSA) is 15.3 Å². The first-order valence-electron chi connectivity index (χ1n) is 6.81. The van der Waals surface area contributed by atoms with Gasteiger partial charge in [0.1, 0.15) is 0 Å². The monoisotopic (exact) mass is 246 g/mol. The third-order valence-corrected chi connectivity index (χ3v) is 3.80. The molecule has 18 heavy (non-hydrogen) atoms. The van der Waals surface area contributed by atoms with Gasteiger partial charge >= 0.3 is 0 Å². The first-order valence-corrected chi connectivity index (χ1v) is 6.81. The summed E-state index contributed by atoms with van der Waals surface area (Å²) < 4.78 is 0. The molecule has 0 amide bonds. The predicted molar refractivity (Wildman–Crippen MR) is 79.4 cm³/mol. The van der Waals surface area contributed by atoms with Crippen LogP contribution in [0.3, 0.4) is 0 Å². The maximum absolute atomic E-state index is 3.64. The van der Waals surface area contributed by atoms with Crippen LogP contribution in [-0.4, -0.2) is 24.2 Å². The molecule has 1 heterocycles. The summed E-state index contributed by atoms with van der Waals surface area (Å²) in [5, 5.41) is 3.64. The van der Waals surface area contributed by atoms with Crippen molar-refractivity contribution in [2.24, 2.45) is 0 Å². The van der Waals surface area contributed by atoms with E-state index in [0.29, 0.717) is 0 Å². The molecule has 2 heteroatoms. The molecule has 1 aromatic rings. The van der Waals surface area contributed by atoms with E-state index in [0.717, 1.165) is 13.1 Å². The van der Waals surface area contributed by atoms with Gasteiger partial charge in [-0.15, -0.1) is 0 Å². The van der Waals surface area contributed by atoms with Gasteiger partial charge in [0, 0.05) is 29.9 Å². The number of nitrogens with zero attached hydrogens (tertiary/aromatic N) is 1. The molecule has 1 aliphatic rings. The fourth-order valence-corrected chi connectivity index (χ4v) is 2.76. The number of piperazine rings is 1. The van der Waals surface area contributed by atoms with Gasteiger partial charge in [-0.1, -0.05) is 6.07 Å². The minimum absolute atomic E-state index is 0.162. The van der Waals surface area contributed by atoms with E-state index >= 15 is 0 Å². The molecule has 0 atom stereocenters. The standard InChI is InChI=1S/C16H26N2/c1-12-7-13(2)9-14(8-12)18-11-15(3,4)17-10-16(18,5)6/h7-9,17H,10-11H2,1-6H3. The summed E-state index contributed by atoms with van der Waals surface area (Å²) >= 11 is 0. The van der Waals surface area contributed by atoms with Crippen molar-refractivity contribution >= 4 is 5.69 Å². The van der Waals surface area contributed by atoms with Gasteiger partial charge in [-0.2, -0.15) is 0 Å². The molecule has 0 radical (unpaired) electrons. The molecule has 1 fully saturated rings. The van der Waals surface area contributed by atoms with Crippen LogP contribution in [0, 0.1) is 13.8 Å². The van der Waals surface area contributed by atoms with E-state index in [1.54, 1.807) is 0 Å². The molecule has 0 spiro atoms. The van der Waals surface area contributed by atoms with Crippen molar-refractivity contribution < 1.29 is 0 Å². The number of anilines is 1. The number of hydrogen-bond acceptors (Lipinski definition) is 2. The second kappa shape index (κ2) is 4.27. The van der Waals surface area contributed by atoms with Crippen LogP contribution >= 0.6 is 0 Å². The zero-order chi connectivity index (χ0) is 13.6. The quantitative estimate of drug-likeness (QED) is 0.818. The first-order chi connectivity index (χ1) is 8.20. The zero-order valence-corrected chi connectivity index (χ0v) is 12.6. The molecule has 1 N–H and O–H groups in total. The van der Waals surface area contributed by atoms with Crippen LogP contribution in [-0.2, 0) is 0 Å². The van der Waals surface area contributed by atoms with Crippen LogP contribution in [0.2, 0.25) is 0 Å². The summed E-state index contributed by atoms with van der Waals surface area (Å²) in [7, 11) is 0. The average molecular weight is 246 g/mol. The highest BCUT2D eigenvalue weighted by molar-refractivity contribution is 5.54. The Morgan fingerprint density at radius 3 is 2.11 bits per heavy atom. The lowest BCUT2D eigenvalue weighted by Crippen LogP contribution is -2.66. The minimum Gasteiger partial charge on any atom is -0.363 e. The lowest BCUT2D eigenvalue weighted by atomic mass is 9.90. The maximum Gasteiger partial charge on any atom is 0.0471 e. The van der Waals surface area contributed by atoms with Gasteiger partial charge in [-0.25, -0.2) is 0 Å². The smallest absolute Gasteiger partial charge is 0.0471 e. The fraction of sp³-hybridized carbons (Fsp3) is 0.625. The van der Waals surface area contributed by atoms with Crippen molar-refractivity contribution in [1.82, 2.24) is 5.32 Å². The van der Waals surface area contributed by atoms with Gasteiger partial charge in [-0.05, 0) is 64.8 Å². The Hall–Kier alpha value is -1.02. The molecular formula is C16H26N2. The molecule has 0 aliphatic carbocycles. The van der Waals surface area contributed by atoms with Crippen LogP contribution in [0.15, 0.2) is 18.2 Å². The third-order valence-electron chi connectivity index (χ3n) is 3.80. The van der Waals surface area contributed by atoms with E-state index in [4.69, 9.17) is 0 Å². The van der Waals surface area contributed by atoms with Crippen LogP contribution in [0.5, 0.6) is 0 Å². The van der Waals surface area contributed by atoms with E-state index in [-0.39, 0.29) is 11.1 Å². The molecular weight excluding hydrogens is 220 g/mol. The maximum atomic E-state index is 3.64. The Labute approximate surface area is 111 Å². The molecule has 0 saturated carbocycles. The Kier molecular flexibility index (Phi) is 3.18. The van der Waals surface area contributed by atoms with Gasteiger partial charge in [0.05, 0.1) is 0 Å². The summed E-state index contributed by atoms with van der Waals surface area (Å²) in [6.07, 6.45) is 0. The normalized spacial score (nSPS) is 22.0. The summed E-state index contributed by atoms with van der Waals surface area (Å²) in [6, 6.07) is 6.84. The van der Waals surface area contributed by atoms with Gasteiger partial charge in [-0.3, -0.25) is 0 Å². The van der Waals surface area contributed by atoms with Crippen LogP contribution in [0.4, 0.5) is 5.69 Å². The first kappa shape index (κ1) is 13.4. The van der Waals surface area contributed by atoms with Crippen molar-refractivity contribution in [2.45, 2.75) is 52.6 Å². The molecule has 0 unspecified atom stereocenters. The largest absolute Gasteiger partial charge is 0.363 e. The van der Waals surface area contributed by atoms with E-state index in [1.807, 2.05) is 0 Å². The number of benzene rings is 1. The molecule has 1 aliphatic heterocycles. The summed E-state index contributed by atoms with van der Waals surface area (Å²) in [6.45, 7) is 15.6. The average Bonchev–Trinajstić information content (AvgIpc) is 2.21. The van der Waals surface area contributed by atoms with Crippen molar-refractivity contribution in [3.05, 3.63) is 29.3 Å². The predicted octanol–water partition coefficient (Wildman–Crippen LogP) is 3.27. The summed E-state index contributed by atoms with van der Waals surface area (Å²) in [4.78, 5) is 2.55. The second-order valence-corrected chi connectivity index (χ2v) is 6.98. The van der Waals surface area contributed by atoms with E-state index < -0.39 is 0 Å². The van der Waals surface area contributed by atoms with Crippen molar-refractivity contribution in [2.75, 3.05) is 18.0 Å². The Balaban J connectivity index is 2.39.